The molecular formula is C9H15ClN2O2. The van der Waals surface area contributed by atoms with Crippen molar-refractivity contribution in [3.05, 3.63) is 0 Å². The number of likely N-dealkylation sites (tertiary alicyclic amines) is 1. The van der Waals surface area contributed by atoms with Gasteiger partial charge < -0.3 is 10.2 Å². The number of nitrogens with zero attached hydrogens (tertiary/aromatic N) is 1. The van der Waals surface area contributed by atoms with Crippen LogP contribution in [0, 0.1) is 0 Å². The first kappa shape index (κ1) is 11.3. The summed E-state index contributed by atoms with van der Waals surface area (Å²) >= 11 is 5.68. The fraction of sp³-hybridized carbons (Fsp3) is 0.778. The maximum Gasteiger partial charge on any atom is 0.240 e. The monoisotopic (exact) mass is 218 g/mol. The van der Waals surface area contributed by atoms with Crippen LogP contribution in [-0.4, -0.2) is 41.2 Å². The topological polar surface area (TPSA) is 49.4 Å². The van der Waals surface area contributed by atoms with E-state index in [9.17, 15) is 9.59 Å². The molecule has 5 heteroatoms. The maximum atomic E-state index is 11.5. The van der Waals surface area contributed by atoms with Gasteiger partial charge in [-0.05, 0) is 13.3 Å². The molecule has 1 fully saturated rings. The first-order chi connectivity index (χ1) is 6.50. The van der Waals surface area contributed by atoms with E-state index >= 15 is 0 Å². The van der Waals surface area contributed by atoms with Crippen molar-refractivity contribution in [3.63, 3.8) is 0 Å². The molecule has 1 rings (SSSR count). The summed E-state index contributed by atoms with van der Waals surface area (Å²) in [5.74, 6) is -0.109. The number of alkyl halides is 1. The molecule has 1 N–H and O–H groups in total. The van der Waals surface area contributed by atoms with Crippen LogP contribution in [-0.2, 0) is 9.59 Å². The molecule has 80 valence electrons. The lowest BCUT2D eigenvalue weighted by molar-refractivity contribution is -0.129. The normalized spacial score (nSPS) is 23.4. The molecule has 0 saturated carbocycles. The van der Waals surface area contributed by atoms with E-state index < -0.39 is 5.38 Å². The summed E-state index contributed by atoms with van der Waals surface area (Å²) in [5.41, 5.74) is 0. The molecule has 0 spiro atoms. The van der Waals surface area contributed by atoms with Crippen molar-refractivity contribution in [2.45, 2.75) is 31.7 Å². The van der Waals surface area contributed by atoms with Crippen LogP contribution < -0.4 is 5.32 Å². The summed E-state index contributed by atoms with van der Waals surface area (Å²) in [6.45, 7) is 4.40. The Bertz CT molecular complexity index is 243. The van der Waals surface area contributed by atoms with Crippen LogP contribution in [0.25, 0.3) is 0 Å². The molecule has 2 unspecified atom stereocenters. The third-order valence-corrected chi connectivity index (χ3v) is 2.43. The van der Waals surface area contributed by atoms with Gasteiger partial charge in [0.25, 0.3) is 0 Å². The first-order valence-electron chi connectivity index (χ1n) is 4.70. The highest BCUT2D eigenvalue weighted by atomic mass is 35.5. The molecule has 0 aromatic carbocycles. The van der Waals surface area contributed by atoms with Crippen LogP contribution in [0.2, 0.25) is 0 Å². The minimum absolute atomic E-state index is 0.0526. The van der Waals surface area contributed by atoms with Crippen LogP contribution in [0.15, 0.2) is 0 Å². The zero-order valence-corrected chi connectivity index (χ0v) is 9.17. The molecule has 0 aromatic rings. The molecule has 2 amide bonds. The summed E-state index contributed by atoms with van der Waals surface area (Å²) in [6, 6.07) is 0.0897. The van der Waals surface area contributed by atoms with Gasteiger partial charge in [-0.3, -0.25) is 9.59 Å². The Labute approximate surface area is 88.6 Å². The lowest BCUT2D eigenvalue weighted by Crippen LogP contribution is -2.39. The summed E-state index contributed by atoms with van der Waals surface area (Å²) in [5, 5.41) is 2.31. The molecule has 14 heavy (non-hydrogen) atoms. The largest absolute Gasteiger partial charge is 0.352 e. The van der Waals surface area contributed by atoms with Gasteiger partial charge in [-0.25, -0.2) is 0 Å². The number of halogens is 1. The number of amides is 2. The van der Waals surface area contributed by atoms with Crippen molar-refractivity contribution < 1.29 is 9.59 Å². The highest BCUT2D eigenvalue weighted by Gasteiger charge is 2.28. The van der Waals surface area contributed by atoms with Crippen molar-refractivity contribution in [3.8, 4) is 0 Å². The standard InChI is InChI=1S/C9H15ClN2O2/c1-6(10)9(14)12-4-3-8(5-12)11-7(2)13/h6,8H,3-5H2,1-2H3,(H,11,13). The van der Waals surface area contributed by atoms with Crippen molar-refractivity contribution in [1.82, 2.24) is 10.2 Å². The fourth-order valence-electron chi connectivity index (χ4n) is 1.62. The lowest BCUT2D eigenvalue weighted by atomic mass is 10.2. The number of carbonyl (C=O) groups is 2. The summed E-state index contributed by atoms with van der Waals surface area (Å²) in [6.07, 6.45) is 0.814. The Morgan fingerprint density at radius 1 is 1.57 bits per heavy atom. The second kappa shape index (κ2) is 4.64. The van der Waals surface area contributed by atoms with E-state index in [4.69, 9.17) is 11.6 Å². The zero-order valence-electron chi connectivity index (χ0n) is 8.42. The van der Waals surface area contributed by atoms with Gasteiger partial charge in [0.15, 0.2) is 0 Å². The maximum absolute atomic E-state index is 11.5. The van der Waals surface area contributed by atoms with Crippen LogP contribution in [0.5, 0.6) is 0 Å². The van der Waals surface area contributed by atoms with Gasteiger partial charge in [0.05, 0.1) is 0 Å². The van der Waals surface area contributed by atoms with E-state index in [1.54, 1.807) is 11.8 Å². The molecule has 0 radical (unpaired) electrons. The van der Waals surface area contributed by atoms with Crippen LogP contribution in [0.1, 0.15) is 20.3 Å². The molecule has 1 saturated heterocycles. The van der Waals surface area contributed by atoms with Gasteiger partial charge in [0.1, 0.15) is 5.38 Å². The molecular weight excluding hydrogens is 204 g/mol. The van der Waals surface area contributed by atoms with Gasteiger partial charge in [-0.15, -0.1) is 11.6 Å². The van der Waals surface area contributed by atoms with Gasteiger partial charge in [0, 0.05) is 26.1 Å². The highest BCUT2D eigenvalue weighted by Crippen LogP contribution is 2.12. The highest BCUT2D eigenvalue weighted by molar-refractivity contribution is 6.30. The summed E-state index contributed by atoms with van der Waals surface area (Å²) < 4.78 is 0. The Morgan fingerprint density at radius 3 is 2.71 bits per heavy atom. The molecule has 0 aromatic heterocycles. The number of nitrogens with one attached hydrogen (secondary N) is 1. The minimum Gasteiger partial charge on any atom is -0.352 e. The third-order valence-electron chi connectivity index (χ3n) is 2.25. The molecule has 4 nitrogen and oxygen atoms in total. The molecule has 1 aliphatic heterocycles. The van der Waals surface area contributed by atoms with Crippen molar-refractivity contribution >= 4 is 23.4 Å². The fourth-order valence-corrected chi connectivity index (χ4v) is 1.76. The average Bonchev–Trinajstić information content (AvgIpc) is 2.50. The third kappa shape index (κ3) is 2.87. The quantitative estimate of drug-likeness (QED) is 0.680. The Morgan fingerprint density at radius 2 is 2.21 bits per heavy atom. The van der Waals surface area contributed by atoms with Crippen LogP contribution in [0.3, 0.4) is 0 Å². The second-order valence-electron chi connectivity index (χ2n) is 3.59. The van der Waals surface area contributed by atoms with Crippen LogP contribution >= 0.6 is 11.6 Å². The van der Waals surface area contributed by atoms with Crippen molar-refractivity contribution in [1.29, 1.82) is 0 Å². The van der Waals surface area contributed by atoms with Gasteiger partial charge in [0.2, 0.25) is 11.8 Å². The van der Waals surface area contributed by atoms with Crippen LogP contribution in [0.4, 0.5) is 0 Å². The Kier molecular flexibility index (Phi) is 3.75. The number of hydrogen-bond donors (Lipinski definition) is 1. The van der Waals surface area contributed by atoms with Gasteiger partial charge in [-0.1, -0.05) is 0 Å². The summed E-state index contributed by atoms with van der Waals surface area (Å²) in [4.78, 5) is 23.9. The van der Waals surface area contributed by atoms with E-state index in [2.05, 4.69) is 5.32 Å². The smallest absolute Gasteiger partial charge is 0.240 e. The number of hydrogen-bond acceptors (Lipinski definition) is 2. The molecule has 1 aliphatic rings. The number of carbonyl (C=O) groups excluding carboxylic acids is 2. The average molecular weight is 219 g/mol. The van der Waals surface area contributed by atoms with E-state index in [-0.39, 0.29) is 17.9 Å². The Balaban J connectivity index is 2.41. The number of rotatable bonds is 2. The van der Waals surface area contributed by atoms with Crippen molar-refractivity contribution in [2.24, 2.45) is 0 Å². The van der Waals surface area contributed by atoms with E-state index in [0.717, 1.165) is 6.42 Å². The molecule has 0 bridgehead atoms. The van der Waals surface area contributed by atoms with E-state index in [1.165, 1.54) is 6.92 Å². The van der Waals surface area contributed by atoms with Gasteiger partial charge >= 0.3 is 0 Å². The summed E-state index contributed by atoms with van der Waals surface area (Å²) in [7, 11) is 0. The predicted octanol–water partition coefficient (Wildman–Crippen LogP) is 0.351. The predicted molar refractivity (Wildman–Crippen MR) is 54.1 cm³/mol. The molecule has 2 atom stereocenters. The second-order valence-corrected chi connectivity index (χ2v) is 4.24. The molecule has 0 aliphatic carbocycles. The van der Waals surface area contributed by atoms with Gasteiger partial charge in [-0.2, -0.15) is 0 Å². The van der Waals surface area contributed by atoms with Crippen molar-refractivity contribution in [2.75, 3.05) is 13.1 Å². The Hall–Kier alpha value is -0.770. The minimum atomic E-state index is -0.480. The molecule has 1 heterocycles. The van der Waals surface area contributed by atoms with E-state index in [0.29, 0.717) is 13.1 Å². The zero-order chi connectivity index (χ0) is 10.7. The van der Waals surface area contributed by atoms with E-state index in [1.807, 2.05) is 0 Å². The SMILES string of the molecule is CC(=O)NC1CCN(C(=O)C(C)Cl)C1. The first-order valence-corrected chi connectivity index (χ1v) is 5.14. The lowest BCUT2D eigenvalue weighted by Gasteiger charge is -2.17.